The van der Waals surface area contributed by atoms with Gasteiger partial charge in [0.1, 0.15) is 0 Å². The summed E-state index contributed by atoms with van der Waals surface area (Å²) in [7, 11) is 0. The van der Waals surface area contributed by atoms with E-state index in [0.717, 1.165) is 6.61 Å². The maximum atomic E-state index is 5.68. The van der Waals surface area contributed by atoms with Gasteiger partial charge in [-0.3, -0.25) is 0 Å². The van der Waals surface area contributed by atoms with Crippen LogP contribution in [0.4, 0.5) is 0 Å². The van der Waals surface area contributed by atoms with Crippen LogP contribution in [0.25, 0.3) is 0 Å². The molecule has 2 fully saturated rings. The Bertz CT molecular complexity index is 193. The molecule has 1 aliphatic carbocycles. The topological polar surface area (TPSA) is 21.3 Å². The van der Waals surface area contributed by atoms with Crippen LogP contribution in [0.15, 0.2) is 0 Å². The van der Waals surface area contributed by atoms with Crippen molar-refractivity contribution in [2.75, 3.05) is 13.2 Å². The lowest BCUT2D eigenvalue weighted by Crippen LogP contribution is -2.30. The van der Waals surface area contributed by atoms with Crippen molar-refractivity contribution in [3.8, 4) is 0 Å². The molecule has 2 aliphatic rings. The van der Waals surface area contributed by atoms with E-state index in [1.54, 1.807) is 0 Å². The van der Waals surface area contributed by atoms with Crippen LogP contribution in [-0.4, -0.2) is 25.3 Å². The number of nitrogens with one attached hydrogen (secondary N) is 1. The van der Waals surface area contributed by atoms with Crippen molar-refractivity contribution in [1.82, 2.24) is 5.32 Å². The molecule has 1 N–H and O–H groups in total. The van der Waals surface area contributed by atoms with E-state index in [4.69, 9.17) is 4.74 Å². The van der Waals surface area contributed by atoms with Crippen LogP contribution >= 0.6 is 0 Å². The molecule has 0 aromatic heterocycles. The van der Waals surface area contributed by atoms with Crippen molar-refractivity contribution < 1.29 is 4.74 Å². The highest BCUT2D eigenvalue weighted by Crippen LogP contribution is 2.49. The molecule has 15 heavy (non-hydrogen) atoms. The minimum absolute atomic E-state index is 0.585. The second-order valence-corrected chi connectivity index (χ2v) is 5.71. The van der Waals surface area contributed by atoms with Gasteiger partial charge in [-0.2, -0.15) is 0 Å². The lowest BCUT2D eigenvalue weighted by molar-refractivity contribution is 0.0965. The third-order valence-corrected chi connectivity index (χ3v) is 3.86. The van der Waals surface area contributed by atoms with Crippen molar-refractivity contribution in [2.24, 2.45) is 5.41 Å². The van der Waals surface area contributed by atoms with E-state index in [-0.39, 0.29) is 0 Å². The average Bonchev–Trinajstić information content (AvgIpc) is 2.78. The van der Waals surface area contributed by atoms with Crippen molar-refractivity contribution in [2.45, 2.75) is 64.5 Å². The fraction of sp³-hybridized carbons (Fsp3) is 1.00. The lowest BCUT2D eigenvalue weighted by Gasteiger charge is -2.19. The van der Waals surface area contributed by atoms with Gasteiger partial charge < -0.3 is 10.1 Å². The summed E-state index contributed by atoms with van der Waals surface area (Å²) in [6, 6.07) is 0.630. The Kier molecular flexibility index (Phi) is 3.68. The summed E-state index contributed by atoms with van der Waals surface area (Å²) in [6.45, 7) is 6.69. The molecule has 0 spiro atoms. The standard InChI is InChI=1S/C13H25NO/c1-11(2)14-10-13(7-8-13)6-5-12-4-3-9-15-12/h11-12,14H,3-10H2,1-2H3. The zero-order valence-corrected chi connectivity index (χ0v) is 10.2. The van der Waals surface area contributed by atoms with Gasteiger partial charge in [0.25, 0.3) is 0 Å². The maximum Gasteiger partial charge on any atom is 0.0576 e. The SMILES string of the molecule is CC(C)NCC1(CCC2CCCO2)CC1. The van der Waals surface area contributed by atoms with Gasteiger partial charge in [0.2, 0.25) is 0 Å². The highest BCUT2D eigenvalue weighted by molar-refractivity contribution is 4.95. The van der Waals surface area contributed by atoms with Crippen LogP contribution in [0.2, 0.25) is 0 Å². The highest BCUT2D eigenvalue weighted by Gasteiger charge is 2.42. The van der Waals surface area contributed by atoms with E-state index in [0.29, 0.717) is 17.6 Å². The second-order valence-electron chi connectivity index (χ2n) is 5.71. The van der Waals surface area contributed by atoms with Crippen molar-refractivity contribution in [3.63, 3.8) is 0 Å². The van der Waals surface area contributed by atoms with E-state index in [9.17, 15) is 0 Å². The van der Waals surface area contributed by atoms with Gasteiger partial charge in [0, 0.05) is 19.2 Å². The Morgan fingerprint density at radius 2 is 2.20 bits per heavy atom. The molecule has 2 heteroatoms. The number of ether oxygens (including phenoxy) is 1. The van der Waals surface area contributed by atoms with Crippen LogP contribution < -0.4 is 5.32 Å². The monoisotopic (exact) mass is 211 g/mol. The average molecular weight is 211 g/mol. The molecule has 0 amide bonds. The van der Waals surface area contributed by atoms with Gasteiger partial charge in [-0.05, 0) is 43.9 Å². The molecule has 1 atom stereocenters. The summed E-state index contributed by atoms with van der Waals surface area (Å²) in [5, 5.41) is 3.58. The fourth-order valence-corrected chi connectivity index (χ4v) is 2.45. The van der Waals surface area contributed by atoms with Gasteiger partial charge in [-0.25, -0.2) is 0 Å². The molecule has 0 radical (unpaired) electrons. The molecule has 1 unspecified atom stereocenters. The fourth-order valence-electron chi connectivity index (χ4n) is 2.45. The highest BCUT2D eigenvalue weighted by atomic mass is 16.5. The van der Waals surface area contributed by atoms with E-state index in [1.165, 1.54) is 45.1 Å². The number of rotatable bonds is 6. The molecule has 0 aromatic rings. The zero-order chi connectivity index (χ0) is 10.7. The Hall–Kier alpha value is -0.0800. The predicted molar refractivity (Wildman–Crippen MR) is 63.0 cm³/mol. The molecule has 0 aromatic carbocycles. The normalized spacial score (nSPS) is 28.6. The molecule has 1 aliphatic heterocycles. The third kappa shape index (κ3) is 3.46. The van der Waals surface area contributed by atoms with E-state index in [1.807, 2.05) is 0 Å². The summed E-state index contributed by atoms with van der Waals surface area (Å²) in [5.74, 6) is 0. The smallest absolute Gasteiger partial charge is 0.0576 e. The van der Waals surface area contributed by atoms with Gasteiger partial charge in [0.15, 0.2) is 0 Å². The van der Waals surface area contributed by atoms with Crippen LogP contribution in [0, 0.1) is 5.41 Å². The first-order chi connectivity index (χ1) is 7.20. The van der Waals surface area contributed by atoms with Gasteiger partial charge in [-0.1, -0.05) is 13.8 Å². The largest absolute Gasteiger partial charge is 0.378 e. The minimum atomic E-state index is 0.585. The summed E-state index contributed by atoms with van der Waals surface area (Å²) >= 11 is 0. The molecule has 1 heterocycles. The molecule has 2 nitrogen and oxygen atoms in total. The van der Waals surface area contributed by atoms with E-state index in [2.05, 4.69) is 19.2 Å². The summed E-state index contributed by atoms with van der Waals surface area (Å²) in [6.07, 6.45) is 8.69. The lowest BCUT2D eigenvalue weighted by atomic mass is 9.97. The quantitative estimate of drug-likeness (QED) is 0.729. The molecule has 1 saturated heterocycles. The van der Waals surface area contributed by atoms with Crippen molar-refractivity contribution >= 4 is 0 Å². The van der Waals surface area contributed by atoms with E-state index < -0.39 is 0 Å². The summed E-state index contributed by atoms with van der Waals surface area (Å²) < 4.78 is 5.68. The zero-order valence-electron chi connectivity index (χ0n) is 10.2. The Morgan fingerprint density at radius 1 is 1.40 bits per heavy atom. The number of hydrogen-bond acceptors (Lipinski definition) is 2. The number of hydrogen-bond donors (Lipinski definition) is 1. The van der Waals surface area contributed by atoms with Gasteiger partial charge in [-0.15, -0.1) is 0 Å². The molecule has 1 saturated carbocycles. The molecule has 88 valence electrons. The second kappa shape index (κ2) is 4.84. The Morgan fingerprint density at radius 3 is 2.73 bits per heavy atom. The van der Waals surface area contributed by atoms with Crippen LogP contribution in [-0.2, 0) is 4.74 Å². The first kappa shape index (κ1) is 11.4. The molecule has 0 bridgehead atoms. The minimum Gasteiger partial charge on any atom is -0.378 e. The molecular weight excluding hydrogens is 186 g/mol. The van der Waals surface area contributed by atoms with Crippen molar-refractivity contribution in [3.05, 3.63) is 0 Å². The first-order valence-corrected chi connectivity index (χ1v) is 6.55. The van der Waals surface area contributed by atoms with Gasteiger partial charge in [0.05, 0.1) is 6.10 Å². The third-order valence-electron chi connectivity index (χ3n) is 3.86. The molecular formula is C13H25NO. The van der Waals surface area contributed by atoms with Crippen molar-refractivity contribution in [1.29, 1.82) is 0 Å². The van der Waals surface area contributed by atoms with Crippen LogP contribution in [0.3, 0.4) is 0 Å². The summed E-state index contributed by atoms with van der Waals surface area (Å²) in [5.41, 5.74) is 0.649. The first-order valence-electron chi connectivity index (χ1n) is 6.55. The Balaban J connectivity index is 1.64. The van der Waals surface area contributed by atoms with Crippen LogP contribution in [0.5, 0.6) is 0 Å². The van der Waals surface area contributed by atoms with Crippen LogP contribution in [0.1, 0.15) is 52.4 Å². The molecule has 2 rings (SSSR count). The van der Waals surface area contributed by atoms with Gasteiger partial charge >= 0.3 is 0 Å². The predicted octanol–water partition coefficient (Wildman–Crippen LogP) is 2.72. The maximum absolute atomic E-state index is 5.68. The summed E-state index contributed by atoms with van der Waals surface area (Å²) in [4.78, 5) is 0. The Labute approximate surface area is 93.8 Å². The van der Waals surface area contributed by atoms with E-state index >= 15 is 0 Å².